The fourth-order valence-electron chi connectivity index (χ4n) is 2.72. The number of aryl methyl sites for hydroxylation is 1. The maximum Gasteiger partial charge on any atom is 0.123 e. The summed E-state index contributed by atoms with van der Waals surface area (Å²) in [5.74, 6) is 1.03. The van der Waals surface area contributed by atoms with Gasteiger partial charge >= 0.3 is 0 Å². The summed E-state index contributed by atoms with van der Waals surface area (Å²) in [7, 11) is 0. The summed E-state index contributed by atoms with van der Waals surface area (Å²) in [5, 5.41) is 10.4. The highest BCUT2D eigenvalue weighted by atomic mass is 19.1. The van der Waals surface area contributed by atoms with Crippen LogP contribution in [0.4, 0.5) is 4.39 Å². The number of rotatable bonds is 3. The minimum absolute atomic E-state index is 0.214. The Bertz CT molecular complexity index is 405. The van der Waals surface area contributed by atoms with E-state index in [4.69, 9.17) is 0 Å². The molecule has 0 unspecified atom stereocenters. The van der Waals surface area contributed by atoms with Crippen LogP contribution in [0.5, 0.6) is 0 Å². The first-order valence-electron chi connectivity index (χ1n) is 6.37. The maximum atomic E-state index is 13.2. The summed E-state index contributed by atoms with van der Waals surface area (Å²) < 4.78 is 13.2. The number of hydrogen-bond acceptors (Lipinski definition) is 1. The van der Waals surface area contributed by atoms with Crippen LogP contribution < -0.4 is 0 Å². The van der Waals surface area contributed by atoms with Crippen molar-refractivity contribution in [3.8, 4) is 0 Å². The van der Waals surface area contributed by atoms with Crippen molar-refractivity contribution in [1.29, 1.82) is 0 Å². The molecule has 0 aromatic heterocycles. The fraction of sp³-hybridized carbons (Fsp3) is 0.600. The van der Waals surface area contributed by atoms with Crippen LogP contribution >= 0.6 is 0 Å². The summed E-state index contributed by atoms with van der Waals surface area (Å²) in [5.41, 5.74) is 1.40. The molecule has 0 radical (unpaired) electrons. The maximum absolute atomic E-state index is 13.2. The highest BCUT2D eigenvalue weighted by Crippen LogP contribution is 2.44. The van der Waals surface area contributed by atoms with E-state index >= 15 is 0 Å². The molecule has 0 atom stereocenters. The number of benzene rings is 1. The van der Waals surface area contributed by atoms with Crippen molar-refractivity contribution < 1.29 is 9.50 Å². The van der Waals surface area contributed by atoms with Crippen molar-refractivity contribution in [3.63, 3.8) is 0 Å². The van der Waals surface area contributed by atoms with E-state index in [1.165, 1.54) is 6.07 Å². The second-order valence-electron chi connectivity index (χ2n) is 5.88. The molecule has 2 heteroatoms. The molecule has 1 aliphatic carbocycles. The van der Waals surface area contributed by atoms with Crippen LogP contribution in [0, 0.1) is 24.6 Å². The molecule has 17 heavy (non-hydrogen) atoms. The molecule has 0 spiro atoms. The Balaban J connectivity index is 2.05. The third-order valence-electron chi connectivity index (χ3n) is 4.06. The SMILES string of the molecule is Cc1ccc(F)cc1CC1(O)CC(C(C)C)C1. The molecule has 1 saturated carbocycles. The molecule has 1 nitrogen and oxygen atoms in total. The molecule has 1 N–H and O–H groups in total. The van der Waals surface area contributed by atoms with E-state index in [0.717, 1.165) is 24.0 Å². The smallest absolute Gasteiger partial charge is 0.123 e. The van der Waals surface area contributed by atoms with Gasteiger partial charge in [-0.25, -0.2) is 4.39 Å². The van der Waals surface area contributed by atoms with Gasteiger partial charge in [-0.05, 0) is 54.9 Å². The highest BCUT2D eigenvalue weighted by molar-refractivity contribution is 5.28. The second kappa shape index (κ2) is 4.41. The van der Waals surface area contributed by atoms with Gasteiger partial charge in [0.05, 0.1) is 5.60 Å². The third kappa shape index (κ3) is 2.68. The zero-order valence-corrected chi connectivity index (χ0v) is 10.8. The fourth-order valence-corrected chi connectivity index (χ4v) is 2.72. The normalized spacial score (nSPS) is 28.2. The van der Waals surface area contributed by atoms with Crippen LogP contribution in [0.2, 0.25) is 0 Å². The van der Waals surface area contributed by atoms with Gasteiger partial charge in [0, 0.05) is 6.42 Å². The van der Waals surface area contributed by atoms with Crippen molar-refractivity contribution in [1.82, 2.24) is 0 Å². The molecule has 1 aromatic carbocycles. The molecule has 1 aliphatic rings. The van der Waals surface area contributed by atoms with Gasteiger partial charge in [0.2, 0.25) is 0 Å². The quantitative estimate of drug-likeness (QED) is 0.852. The van der Waals surface area contributed by atoms with E-state index < -0.39 is 5.60 Å². The third-order valence-corrected chi connectivity index (χ3v) is 4.06. The van der Waals surface area contributed by atoms with Crippen LogP contribution in [0.1, 0.15) is 37.8 Å². The molecule has 0 saturated heterocycles. The lowest BCUT2D eigenvalue weighted by atomic mass is 9.64. The second-order valence-corrected chi connectivity index (χ2v) is 5.88. The summed E-state index contributed by atoms with van der Waals surface area (Å²) in [6, 6.07) is 4.81. The van der Waals surface area contributed by atoms with Crippen molar-refractivity contribution in [2.45, 2.75) is 45.6 Å². The number of halogens is 1. The van der Waals surface area contributed by atoms with E-state index in [-0.39, 0.29) is 5.82 Å². The van der Waals surface area contributed by atoms with Gasteiger partial charge in [0.15, 0.2) is 0 Å². The van der Waals surface area contributed by atoms with Crippen molar-refractivity contribution >= 4 is 0 Å². The van der Waals surface area contributed by atoms with Crippen LogP contribution in [0.3, 0.4) is 0 Å². The van der Waals surface area contributed by atoms with Crippen LogP contribution in [-0.2, 0) is 6.42 Å². The highest BCUT2D eigenvalue weighted by Gasteiger charge is 2.43. The Labute approximate surface area is 103 Å². The molecule has 94 valence electrons. The van der Waals surface area contributed by atoms with Gasteiger partial charge in [-0.2, -0.15) is 0 Å². The Hall–Kier alpha value is -0.890. The lowest BCUT2D eigenvalue weighted by Gasteiger charge is -2.46. The van der Waals surface area contributed by atoms with Crippen molar-refractivity contribution in [3.05, 3.63) is 35.1 Å². The molecule has 0 heterocycles. The van der Waals surface area contributed by atoms with Gasteiger partial charge in [-0.1, -0.05) is 19.9 Å². The molecule has 1 aromatic rings. The zero-order chi connectivity index (χ0) is 12.6. The Kier molecular flexibility index (Phi) is 3.26. The van der Waals surface area contributed by atoms with Crippen LogP contribution in [0.15, 0.2) is 18.2 Å². The van der Waals surface area contributed by atoms with E-state index in [0.29, 0.717) is 18.3 Å². The van der Waals surface area contributed by atoms with Gasteiger partial charge in [-0.15, -0.1) is 0 Å². The predicted molar refractivity (Wildman–Crippen MR) is 67.4 cm³/mol. The first kappa shape index (κ1) is 12.6. The average molecular weight is 236 g/mol. The van der Waals surface area contributed by atoms with E-state index in [1.807, 2.05) is 6.92 Å². The molecule has 2 rings (SSSR count). The topological polar surface area (TPSA) is 20.2 Å². The van der Waals surface area contributed by atoms with E-state index in [2.05, 4.69) is 13.8 Å². The number of hydrogen-bond donors (Lipinski definition) is 1. The Morgan fingerprint density at radius 2 is 2.06 bits per heavy atom. The predicted octanol–water partition coefficient (Wildman–Crippen LogP) is 3.47. The minimum Gasteiger partial charge on any atom is -0.390 e. The minimum atomic E-state index is -0.604. The average Bonchev–Trinajstić information content (AvgIpc) is 2.19. The zero-order valence-electron chi connectivity index (χ0n) is 10.8. The van der Waals surface area contributed by atoms with Gasteiger partial charge in [0.1, 0.15) is 5.82 Å². The molecule has 0 aliphatic heterocycles. The largest absolute Gasteiger partial charge is 0.390 e. The summed E-state index contributed by atoms with van der Waals surface area (Å²) in [6.07, 6.45) is 2.28. The van der Waals surface area contributed by atoms with Crippen molar-refractivity contribution in [2.24, 2.45) is 11.8 Å². The van der Waals surface area contributed by atoms with E-state index in [9.17, 15) is 9.50 Å². The Morgan fingerprint density at radius 3 is 2.65 bits per heavy atom. The Morgan fingerprint density at radius 1 is 1.41 bits per heavy atom. The summed E-state index contributed by atoms with van der Waals surface area (Å²) in [4.78, 5) is 0. The van der Waals surface area contributed by atoms with E-state index in [1.54, 1.807) is 12.1 Å². The molecular formula is C15H21FO. The van der Waals surface area contributed by atoms with Crippen molar-refractivity contribution in [2.75, 3.05) is 0 Å². The summed E-state index contributed by atoms with van der Waals surface area (Å²) >= 11 is 0. The molecule has 0 amide bonds. The first-order valence-corrected chi connectivity index (χ1v) is 6.37. The monoisotopic (exact) mass is 236 g/mol. The standard InChI is InChI=1S/C15H21FO/c1-10(2)13-8-15(17,9-13)7-12-6-14(16)5-4-11(12)3/h4-6,10,13,17H,7-9H2,1-3H3. The number of aliphatic hydroxyl groups is 1. The van der Waals surface area contributed by atoms with Crippen LogP contribution in [0.25, 0.3) is 0 Å². The lowest BCUT2D eigenvalue weighted by molar-refractivity contribution is -0.0861. The summed E-state index contributed by atoms with van der Waals surface area (Å²) in [6.45, 7) is 6.35. The molecular weight excluding hydrogens is 215 g/mol. The lowest BCUT2D eigenvalue weighted by Crippen LogP contribution is -2.47. The first-order chi connectivity index (χ1) is 7.89. The van der Waals surface area contributed by atoms with Gasteiger partial charge in [-0.3, -0.25) is 0 Å². The molecule has 1 fully saturated rings. The van der Waals surface area contributed by atoms with Crippen LogP contribution in [-0.4, -0.2) is 10.7 Å². The molecule has 0 bridgehead atoms. The van der Waals surface area contributed by atoms with Gasteiger partial charge in [0.25, 0.3) is 0 Å². The van der Waals surface area contributed by atoms with Gasteiger partial charge < -0.3 is 5.11 Å².